The molecule has 0 aromatic rings. The van der Waals surface area contributed by atoms with Crippen molar-refractivity contribution in [3.8, 4) is 0 Å². The molecule has 0 rings (SSSR count). The summed E-state index contributed by atoms with van der Waals surface area (Å²) in [5.41, 5.74) is 0. The van der Waals surface area contributed by atoms with E-state index in [-0.39, 0.29) is 36.2 Å². The second-order valence-corrected chi connectivity index (χ2v) is 14.9. The Hall–Kier alpha value is -1.67. The molecule has 0 aliphatic carbocycles. The van der Waals surface area contributed by atoms with Gasteiger partial charge in [-0.3, -0.25) is 9.59 Å². The molecule has 0 heterocycles. The summed E-state index contributed by atoms with van der Waals surface area (Å²) < 4.78 is 17.1. The van der Waals surface area contributed by atoms with Crippen molar-refractivity contribution in [3.63, 3.8) is 0 Å². The molecule has 0 bridgehead atoms. The standard InChI is InChI=1S/C40H77NO7/c1-6-8-10-12-13-14-15-16-17-18-19-20-21-22-23-24-25-26-27-29-31-39(43)48-36(35-47-38(42)30-28-11-9-7-2)34-46-33-32-37(40(44)45)41(3,4)5/h36-37H,6-35H2,1-5H3/p+1. The molecule has 8 nitrogen and oxygen atoms in total. The average Bonchev–Trinajstić information content (AvgIpc) is 3.03. The highest BCUT2D eigenvalue weighted by atomic mass is 16.6. The monoisotopic (exact) mass is 685 g/mol. The number of likely N-dealkylation sites (N-methyl/N-ethyl adjacent to an activating group) is 1. The Balaban J connectivity index is 4.07. The number of carboxylic acids is 1. The van der Waals surface area contributed by atoms with Crippen LogP contribution in [0.15, 0.2) is 0 Å². The number of rotatable bonds is 36. The summed E-state index contributed by atoms with van der Waals surface area (Å²) in [6.07, 6.45) is 30.6. The van der Waals surface area contributed by atoms with Crippen LogP contribution in [0.5, 0.6) is 0 Å². The number of hydrogen-bond acceptors (Lipinski definition) is 6. The van der Waals surface area contributed by atoms with Gasteiger partial charge in [0.2, 0.25) is 0 Å². The van der Waals surface area contributed by atoms with Crippen LogP contribution in [0.4, 0.5) is 0 Å². The van der Waals surface area contributed by atoms with Crippen LogP contribution >= 0.6 is 0 Å². The molecule has 0 aromatic heterocycles. The van der Waals surface area contributed by atoms with E-state index in [4.69, 9.17) is 14.2 Å². The first-order chi connectivity index (χ1) is 23.1. The lowest BCUT2D eigenvalue weighted by Gasteiger charge is -2.31. The number of carbonyl (C=O) groups is 3. The molecule has 0 spiro atoms. The highest BCUT2D eigenvalue weighted by Gasteiger charge is 2.31. The summed E-state index contributed by atoms with van der Waals surface area (Å²) >= 11 is 0. The van der Waals surface area contributed by atoms with E-state index in [0.717, 1.165) is 44.9 Å². The maximum atomic E-state index is 12.6. The van der Waals surface area contributed by atoms with Crippen molar-refractivity contribution in [1.82, 2.24) is 0 Å². The number of unbranched alkanes of at least 4 members (excludes halogenated alkanes) is 22. The van der Waals surface area contributed by atoms with Crippen molar-refractivity contribution in [2.75, 3.05) is 41.0 Å². The summed E-state index contributed by atoms with van der Waals surface area (Å²) in [6, 6.07) is -0.605. The zero-order valence-corrected chi connectivity index (χ0v) is 32.2. The van der Waals surface area contributed by atoms with E-state index in [2.05, 4.69) is 13.8 Å². The van der Waals surface area contributed by atoms with E-state index in [1.54, 1.807) is 0 Å². The number of esters is 2. The van der Waals surface area contributed by atoms with Crippen LogP contribution in [0.2, 0.25) is 0 Å². The minimum Gasteiger partial charge on any atom is -0.477 e. The number of carbonyl (C=O) groups excluding carboxylic acids is 2. The maximum Gasteiger partial charge on any atom is 0.362 e. The van der Waals surface area contributed by atoms with Crippen LogP contribution in [-0.4, -0.2) is 80.6 Å². The second-order valence-electron chi connectivity index (χ2n) is 14.9. The molecule has 0 aromatic carbocycles. The van der Waals surface area contributed by atoms with Gasteiger partial charge in [0.25, 0.3) is 0 Å². The summed E-state index contributed by atoms with van der Waals surface area (Å²) in [5.74, 6) is -1.47. The van der Waals surface area contributed by atoms with Gasteiger partial charge in [0, 0.05) is 19.3 Å². The number of ether oxygens (including phenoxy) is 3. The molecule has 2 unspecified atom stereocenters. The zero-order valence-electron chi connectivity index (χ0n) is 32.2. The molecule has 2 atom stereocenters. The minimum atomic E-state index is -0.874. The third kappa shape index (κ3) is 30.4. The maximum absolute atomic E-state index is 12.6. The Morgan fingerprint density at radius 2 is 0.917 bits per heavy atom. The molecule has 0 radical (unpaired) electrons. The van der Waals surface area contributed by atoms with Crippen molar-refractivity contribution in [3.05, 3.63) is 0 Å². The van der Waals surface area contributed by atoms with E-state index < -0.39 is 18.1 Å². The van der Waals surface area contributed by atoms with Crippen molar-refractivity contribution in [1.29, 1.82) is 0 Å². The van der Waals surface area contributed by atoms with Crippen LogP contribution in [0.1, 0.15) is 187 Å². The van der Waals surface area contributed by atoms with Gasteiger partial charge >= 0.3 is 17.9 Å². The molecular weight excluding hydrogens is 606 g/mol. The fourth-order valence-corrected chi connectivity index (χ4v) is 6.09. The molecule has 48 heavy (non-hydrogen) atoms. The molecule has 8 heteroatoms. The molecule has 0 aliphatic heterocycles. The predicted molar refractivity (Wildman–Crippen MR) is 197 cm³/mol. The lowest BCUT2D eigenvalue weighted by atomic mass is 10.0. The third-order valence-corrected chi connectivity index (χ3v) is 9.26. The molecular formula is C40H78NO7+. The first kappa shape index (κ1) is 46.3. The van der Waals surface area contributed by atoms with Crippen LogP contribution in [0.3, 0.4) is 0 Å². The minimum absolute atomic E-state index is 0.0463. The van der Waals surface area contributed by atoms with Crippen LogP contribution in [-0.2, 0) is 28.6 Å². The Bertz CT molecular complexity index is 767. The number of carboxylic acid groups (broad SMARTS) is 1. The zero-order chi connectivity index (χ0) is 35.7. The first-order valence-electron chi connectivity index (χ1n) is 20.1. The molecule has 0 saturated heterocycles. The van der Waals surface area contributed by atoms with Crippen LogP contribution < -0.4 is 0 Å². The van der Waals surface area contributed by atoms with Gasteiger partial charge < -0.3 is 23.8 Å². The molecule has 0 saturated carbocycles. The first-order valence-corrected chi connectivity index (χ1v) is 20.1. The molecule has 1 N–H and O–H groups in total. The van der Waals surface area contributed by atoms with Gasteiger partial charge in [0.05, 0.1) is 34.4 Å². The fraction of sp³-hybridized carbons (Fsp3) is 0.925. The van der Waals surface area contributed by atoms with Crippen molar-refractivity contribution < 1.29 is 38.2 Å². The summed E-state index contributed by atoms with van der Waals surface area (Å²) in [4.78, 5) is 36.4. The Morgan fingerprint density at radius 3 is 1.31 bits per heavy atom. The van der Waals surface area contributed by atoms with Gasteiger partial charge in [-0.2, -0.15) is 0 Å². The largest absolute Gasteiger partial charge is 0.477 e. The van der Waals surface area contributed by atoms with E-state index in [1.807, 2.05) is 21.1 Å². The van der Waals surface area contributed by atoms with Gasteiger partial charge in [-0.1, -0.05) is 155 Å². The van der Waals surface area contributed by atoms with E-state index in [0.29, 0.717) is 19.3 Å². The van der Waals surface area contributed by atoms with E-state index >= 15 is 0 Å². The summed E-state index contributed by atoms with van der Waals surface area (Å²) in [5, 5.41) is 9.54. The molecule has 0 fully saturated rings. The van der Waals surface area contributed by atoms with Crippen LogP contribution in [0.25, 0.3) is 0 Å². The van der Waals surface area contributed by atoms with Gasteiger partial charge in [-0.05, 0) is 12.8 Å². The highest BCUT2D eigenvalue weighted by molar-refractivity contribution is 5.72. The smallest absolute Gasteiger partial charge is 0.362 e. The van der Waals surface area contributed by atoms with Crippen LogP contribution in [0, 0.1) is 0 Å². The normalized spacial score (nSPS) is 12.9. The number of aliphatic carboxylic acids is 1. The summed E-state index contributed by atoms with van der Waals surface area (Å²) in [6.45, 7) is 4.64. The Labute approximate surface area is 296 Å². The van der Waals surface area contributed by atoms with Gasteiger partial charge in [0.1, 0.15) is 6.61 Å². The van der Waals surface area contributed by atoms with Crippen molar-refractivity contribution in [2.24, 2.45) is 0 Å². The lowest BCUT2D eigenvalue weighted by Crippen LogP contribution is -2.50. The van der Waals surface area contributed by atoms with Crippen molar-refractivity contribution in [2.45, 2.75) is 199 Å². The fourth-order valence-electron chi connectivity index (χ4n) is 6.09. The van der Waals surface area contributed by atoms with Gasteiger partial charge in [-0.25, -0.2) is 4.79 Å². The number of hydrogen-bond donors (Lipinski definition) is 1. The van der Waals surface area contributed by atoms with E-state index in [9.17, 15) is 19.5 Å². The van der Waals surface area contributed by atoms with Gasteiger partial charge in [-0.15, -0.1) is 0 Å². The SMILES string of the molecule is CCCCCCCCCCCCCCCCCCCCCCC(=O)OC(COCCC(C(=O)O)[N+](C)(C)C)COC(=O)CCCCCC. The molecule has 0 aliphatic rings. The van der Waals surface area contributed by atoms with Gasteiger partial charge in [0.15, 0.2) is 12.1 Å². The number of nitrogens with zero attached hydrogens (tertiary/aromatic N) is 1. The van der Waals surface area contributed by atoms with E-state index in [1.165, 1.54) is 109 Å². The predicted octanol–water partition coefficient (Wildman–Crippen LogP) is 10.2. The average molecular weight is 685 g/mol. The number of quaternary nitrogens is 1. The topological polar surface area (TPSA) is 99.1 Å². The Morgan fingerprint density at radius 1 is 0.542 bits per heavy atom. The highest BCUT2D eigenvalue weighted by Crippen LogP contribution is 2.16. The summed E-state index contributed by atoms with van der Waals surface area (Å²) in [7, 11) is 5.51. The molecule has 0 amide bonds. The molecule has 284 valence electrons. The quantitative estimate of drug-likeness (QED) is 0.0398. The lowest BCUT2D eigenvalue weighted by molar-refractivity contribution is -0.887. The second kappa shape index (κ2) is 32.5. The van der Waals surface area contributed by atoms with Crippen molar-refractivity contribution >= 4 is 17.9 Å². The Kier molecular flexibility index (Phi) is 31.4. The third-order valence-electron chi connectivity index (χ3n) is 9.26.